The van der Waals surface area contributed by atoms with Crippen LogP contribution in [0.25, 0.3) is 10.8 Å². The van der Waals surface area contributed by atoms with E-state index in [4.69, 9.17) is 5.73 Å². The summed E-state index contributed by atoms with van der Waals surface area (Å²) in [5, 5.41) is 5.86. The molecule has 102 valence electrons. The Balaban J connectivity index is 1.93. The lowest BCUT2D eigenvalue weighted by Gasteiger charge is -2.08. The Bertz CT molecular complexity index is 711. The molecule has 2 aromatic carbocycles. The van der Waals surface area contributed by atoms with Crippen molar-refractivity contribution >= 4 is 39.3 Å². The van der Waals surface area contributed by atoms with Gasteiger partial charge in [0.05, 0.1) is 6.54 Å². The summed E-state index contributed by atoms with van der Waals surface area (Å²) in [6, 6.07) is 11.2. The van der Waals surface area contributed by atoms with E-state index in [1.807, 2.05) is 30.3 Å². The van der Waals surface area contributed by atoms with Crippen LogP contribution in [0.5, 0.6) is 0 Å². The molecule has 1 atom stereocenters. The Morgan fingerprint density at radius 2 is 2.25 bits per heavy atom. The third-order valence-electron chi connectivity index (χ3n) is 3.18. The molecule has 0 saturated heterocycles. The van der Waals surface area contributed by atoms with Crippen LogP contribution in [-0.2, 0) is 0 Å². The monoisotopic (exact) mass is 285 g/mol. The molecule has 1 heterocycles. The number of fused-ring (bicyclic) bond motifs is 1. The first-order valence-electron chi connectivity index (χ1n) is 6.44. The van der Waals surface area contributed by atoms with Gasteiger partial charge in [-0.3, -0.25) is 9.79 Å². The van der Waals surface area contributed by atoms with Crippen LogP contribution in [0.1, 0.15) is 17.3 Å². The average Bonchev–Trinajstić information content (AvgIpc) is 2.83. The highest BCUT2D eigenvalue weighted by Gasteiger charge is 2.18. The van der Waals surface area contributed by atoms with E-state index < -0.39 is 0 Å². The largest absolute Gasteiger partial charge is 0.399 e. The zero-order valence-electron chi connectivity index (χ0n) is 11.1. The van der Waals surface area contributed by atoms with Gasteiger partial charge in [0.25, 0.3) is 5.91 Å². The van der Waals surface area contributed by atoms with E-state index in [9.17, 15) is 4.79 Å². The lowest BCUT2D eigenvalue weighted by molar-refractivity contribution is 0.0979. The molecule has 0 fully saturated rings. The van der Waals surface area contributed by atoms with Crippen molar-refractivity contribution in [3.63, 3.8) is 0 Å². The molecule has 3 rings (SSSR count). The summed E-state index contributed by atoms with van der Waals surface area (Å²) in [7, 11) is 0. The van der Waals surface area contributed by atoms with Gasteiger partial charge in [0, 0.05) is 16.5 Å². The zero-order valence-corrected chi connectivity index (χ0v) is 11.9. The summed E-state index contributed by atoms with van der Waals surface area (Å²) in [6.07, 6.45) is 0. The number of nitrogens with two attached hydrogens (primary N) is 1. The lowest BCUT2D eigenvalue weighted by atomic mass is 10.0. The van der Waals surface area contributed by atoms with E-state index in [-0.39, 0.29) is 5.91 Å². The van der Waals surface area contributed by atoms with Crippen LogP contribution in [-0.4, -0.2) is 22.9 Å². The number of carbonyl (C=O) groups excluding carboxylic acids is 1. The summed E-state index contributed by atoms with van der Waals surface area (Å²) in [5.74, 6) is -0.137. The average molecular weight is 285 g/mol. The van der Waals surface area contributed by atoms with Crippen molar-refractivity contribution in [3.05, 3.63) is 42.0 Å². The molecule has 1 aliphatic rings. The molecule has 0 radical (unpaired) electrons. The second kappa shape index (κ2) is 5.17. The zero-order chi connectivity index (χ0) is 14.1. The van der Waals surface area contributed by atoms with Crippen LogP contribution in [0.4, 0.5) is 5.69 Å². The van der Waals surface area contributed by atoms with E-state index in [2.05, 4.69) is 17.2 Å². The smallest absolute Gasteiger partial charge is 0.257 e. The normalized spacial score (nSPS) is 18.1. The quantitative estimate of drug-likeness (QED) is 0.791. The molecule has 0 saturated carbocycles. The molecular formula is C15H15N3OS. The molecule has 1 unspecified atom stereocenters. The topological polar surface area (TPSA) is 67.5 Å². The molecule has 1 amide bonds. The maximum atomic E-state index is 12.4. The van der Waals surface area contributed by atoms with Gasteiger partial charge in [0.15, 0.2) is 5.17 Å². The number of amides is 1. The summed E-state index contributed by atoms with van der Waals surface area (Å²) >= 11 is 1.59. The van der Waals surface area contributed by atoms with Gasteiger partial charge in [-0.05, 0) is 29.0 Å². The molecule has 2 aromatic rings. The summed E-state index contributed by atoms with van der Waals surface area (Å²) in [6.45, 7) is 2.84. The van der Waals surface area contributed by atoms with Crippen molar-refractivity contribution in [3.8, 4) is 0 Å². The van der Waals surface area contributed by atoms with Gasteiger partial charge < -0.3 is 11.1 Å². The van der Waals surface area contributed by atoms with Crippen LogP contribution in [0.2, 0.25) is 0 Å². The lowest BCUT2D eigenvalue weighted by Crippen LogP contribution is -2.27. The fraction of sp³-hybridized carbons (Fsp3) is 0.200. The third kappa shape index (κ3) is 2.49. The molecule has 3 N–H and O–H groups in total. The van der Waals surface area contributed by atoms with Gasteiger partial charge in [-0.1, -0.05) is 36.9 Å². The molecule has 0 aromatic heterocycles. The fourth-order valence-electron chi connectivity index (χ4n) is 2.20. The van der Waals surface area contributed by atoms with Crippen LogP contribution in [0.3, 0.4) is 0 Å². The summed E-state index contributed by atoms with van der Waals surface area (Å²) < 4.78 is 0. The van der Waals surface area contributed by atoms with Gasteiger partial charge in [0.2, 0.25) is 0 Å². The second-order valence-electron chi connectivity index (χ2n) is 4.81. The Morgan fingerprint density at radius 3 is 3.00 bits per heavy atom. The highest BCUT2D eigenvalue weighted by Crippen LogP contribution is 2.23. The molecule has 0 bridgehead atoms. The number of benzene rings is 2. The number of amidine groups is 1. The maximum Gasteiger partial charge on any atom is 0.257 e. The number of aliphatic imine (C=N–C) groups is 1. The third-order valence-corrected chi connectivity index (χ3v) is 4.18. The van der Waals surface area contributed by atoms with Crippen LogP contribution in [0, 0.1) is 0 Å². The first-order chi connectivity index (χ1) is 9.63. The Kier molecular flexibility index (Phi) is 3.36. The number of anilines is 1. The second-order valence-corrected chi connectivity index (χ2v) is 6.24. The number of nitrogens with zero attached hydrogens (tertiary/aromatic N) is 1. The highest BCUT2D eigenvalue weighted by molar-refractivity contribution is 8.14. The molecule has 20 heavy (non-hydrogen) atoms. The van der Waals surface area contributed by atoms with E-state index in [1.54, 1.807) is 17.8 Å². The summed E-state index contributed by atoms with van der Waals surface area (Å²) in [5.41, 5.74) is 7.09. The standard InChI is InChI=1S/C15H15N3OS/c1-9-8-17-15(20-9)18-14(19)12-4-2-3-10-5-6-11(16)7-13(10)12/h2-7,9H,8,16H2,1H3,(H,17,18,19). The minimum absolute atomic E-state index is 0.137. The Morgan fingerprint density at radius 1 is 1.40 bits per heavy atom. The van der Waals surface area contributed by atoms with Gasteiger partial charge in [-0.15, -0.1) is 0 Å². The number of rotatable bonds is 1. The maximum absolute atomic E-state index is 12.4. The number of nitrogen functional groups attached to an aromatic ring is 1. The number of carbonyl (C=O) groups is 1. The number of thioether (sulfide) groups is 1. The van der Waals surface area contributed by atoms with Gasteiger partial charge in [-0.2, -0.15) is 0 Å². The number of hydrogen-bond donors (Lipinski definition) is 2. The Hall–Kier alpha value is -2.01. The number of nitrogens with one attached hydrogen (secondary N) is 1. The minimum atomic E-state index is -0.137. The van der Waals surface area contributed by atoms with E-state index in [0.29, 0.717) is 21.7 Å². The number of hydrogen-bond acceptors (Lipinski definition) is 4. The van der Waals surface area contributed by atoms with Crippen molar-refractivity contribution in [2.45, 2.75) is 12.2 Å². The molecule has 4 nitrogen and oxygen atoms in total. The highest BCUT2D eigenvalue weighted by atomic mass is 32.2. The van der Waals surface area contributed by atoms with Crippen molar-refractivity contribution in [2.24, 2.45) is 4.99 Å². The molecular weight excluding hydrogens is 270 g/mol. The molecule has 0 spiro atoms. The van der Waals surface area contributed by atoms with Crippen molar-refractivity contribution < 1.29 is 4.79 Å². The minimum Gasteiger partial charge on any atom is -0.399 e. The van der Waals surface area contributed by atoms with Gasteiger partial charge in [0.1, 0.15) is 0 Å². The summed E-state index contributed by atoms with van der Waals surface area (Å²) in [4.78, 5) is 16.7. The van der Waals surface area contributed by atoms with Crippen LogP contribution < -0.4 is 11.1 Å². The predicted molar refractivity (Wildman–Crippen MR) is 85.2 cm³/mol. The van der Waals surface area contributed by atoms with Crippen molar-refractivity contribution in [1.29, 1.82) is 0 Å². The fourth-order valence-corrected chi connectivity index (χ4v) is 3.03. The van der Waals surface area contributed by atoms with Gasteiger partial charge >= 0.3 is 0 Å². The SMILES string of the molecule is CC1CN=C(NC(=O)c2cccc3ccc(N)cc23)S1. The van der Waals surface area contributed by atoms with E-state index >= 15 is 0 Å². The molecule has 0 aliphatic carbocycles. The first kappa shape index (κ1) is 13.0. The predicted octanol–water partition coefficient (Wildman–Crippen LogP) is 2.64. The van der Waals surface area contributed by atoms with Crippen molar-refractivity contribution in [1.82, 2.24) is 5.32 Å². The van der Waals surface area contributed by atoms with Crippen molar-refractivity contribution in [2.75, 3.05) is 12.3 Å². The molecule has 5 heteroatoms. The van der Waals surface area contributed by atoms with E-state index in [1.165, 1.54) is 0 Å². The van der Waals surface area contributed by atoms with Gasteiger partial charge in [-0.25, -0.2) is 0 Å². The van der Waals surface area contributed by atoms with Crippen LogP contribution in [0.15, 0.2) is 41.4 Å². The van der Waals surface area contributed by atoms with Crippen LogP contribution >= 0.6 is 11.8 Å². The first-order valence-corrected chi connectivity index (χ1v) is 7.32. The molecule has 1 aliphatic heterocycles. The Labute approximate surface area is 121 Å². The van der Waals surface area contributed by atoms with E-state index in [0.717, 1.165) is 17.3 Å².